The fraction of sp³-hybridized carbons (Fsp3) is 0.300. The number of hydrogen-bond acceptors (Lipinski definition) is 6. The van der Waals surface area contributed by atoms with Crippen molar-refractivity contribution in [3.63, 3.8) is 0 Å². The van der Waals surface area contributed by atoms with Crippen molar-refractivity contribution in [2.24, 2.45) is 0 Å². The summed E-state index contributed by atoms with van der Waals surface area (Å²) in [6, 6.07) is 13.7. The van der Waals surface area contributed by atoms with Crippen LogP contribution in [0.3, 0.4) is 0 Å². The second-order valence-corrected chi connectivity index (χ2v) is 8.77. The molecule has 4 rings (SSSR count). The van der Waals surface area contributed by atoms with Crippen LogP contribution >= 0.6 is 23.1 Å². The van der Waals surface area contributed by atoms with Gasteiger partial charge < -0.3 is 5.32 Å². The van der Waals surface area contributed by atoms with Crippen LogP contribution in [0, 0.1) is 0 Å². The van der Waals surface area contributed by atoms with Crippen molar-refractivity contribution in [2.75, 3.05) is 5.75 Å². The summed E-state index contributed by atoms with van der Waals surface area (Å²) in [7, 11) is 0. The smallest absolute Gasteiger partial charge is 0.217 e. The standard InChI is InChI=1S/C20H20N4O2S2/c1-13(25)21-11-16-9-10-18(28-16)17(26)12-27-20-22-19(14-7-8-14)24(23-20)15-5-3-2-4-6-15/h2-6,9-10,14H,7-8,11-12H2,1H3,(H,21,25). The Morgan fingerprint density at radius 3 is 2.71 bits per heavy atom. The quantitative estimate of drug-likeness (QED) is 0.450. The molecule has 0 radical (unpaired) electrons. The summed E-state index contributed by atoms with van der Waals surface area (Å²) in [5, 5.41) is 8.01. The van der Waals surface area contributed by atoms with Gasteiger partial charge in [-0.05, 0) is 37.1 Å². The SMILES string of the molecule is CC(=O)NCc1ccc(C(=O)CSc2nc(C3CC3)n(-c3ccccc3)n2)s1. The van der Waals surface area contributed by atoms with Crippen LogP contribution in [0.4, 0.5) is 0 Å². The molecule has 1 fully saturated rings. The number of thioether (sulfide) groups is 1. The van der Waals surface area contributed by atoms with Gasteiger partial charge in [-0.15, -0.1) is 16.4 Å². The van der Waals surface area contributed by atoms with Gasteiger partial charge >= 0.3 is 0 Å². The molecule has 2 heterocycles. The van der Waals surface area contributed by atoms with Crippen molar-refractivity contribution in [2.45, 2.75) is 37.4 Å². The summed E-state index contributed by atoms with van der Waals surface area (Å²) in [6.45, 7) is 1.93. The van der Waals surface area contributed by atoms with Crippen molar-refractivity contribution in [1.29, 1.82) is 0 Å². The maximum absolute atomic E-state index is 12.5. The predicted octanol–water partition coefficient (Wildman–Crippen LogP) is 3.82. The molecule has 0 spiro atoms. The number of carbonyl (C=O) groups is 2. The lowest BCUT2D eigenvalue weighted by atomic mass is 10.3. The Labute approximate surface area is 171 Å². The average Bonchev–Trinajstić information content (AvgIpc) is 3.28. The highest BCUT2D eigenvalue weighted by Crippen LogP contribution is 2.40. The van der Waals surface area contributed by atoms with Crippen LogP contribution in [0.15, 0.2) is 47.6 Å². The summed E-state index contributed by atoms with van der Waals surface area (Å²) in [6.07, 6.45) is 2.28. The number of benzene rings is 1. The van der Waals surface area contributed by atoms with Crippen LogP contribution in [-0.2, 0) is 11.3 Å². The third-order valence-corrected chi connectivity index (χ3v) is 6.30. The molecule has 0 atom stereocenters. The lowest BCUT2D eigenvalue weighted by molar-refractivity contribution is -0.119. The number of Topliss-reactive ketones (excluding diaryl/α,β-unsaturated/α-hetero) is 1. The Balaban J connectivity index is 1.42. The first kappa shape index (κ1) is 18.9. The first-order valence-electron chi connectivity index (χ1n) is 9.11. The first-order valence-corrected chi connectivity index (χ1v) is 10.9. The topological polar surface area (TPSA) is 76.9 Å². The van der Waals surface area contributed by atoms with Gasteiger partial charge in [-0.2, -0.15) is 0 Å². The normalized spacial score (nSPS) is 13.5. The van der Waals surface area contributed by atoms with Crippen LogP contribution in [0.2, 0.25) is 0 Å². The van der Waals surface area contributed by atoms with Gasteiger partial charge in [0.2, 0.25) is 11.1 Å². The third-order valence-electron chi connectivity index (χ3n) is 4.34. The maximum Gasteiger partial charge on any atom is 0.217 e. The van der Waals surface area contributed by atoms with E-state index in [1.807, 2.05) is 47.1 Å². The second kappa shape index (κ2) is 8.28. The molecule has 2 aromatic heterocycles. The molecule has 0 saturated heterocycles. The molecule has 8 heteroatoms. The van der Waals surface area contributed by atoms with Crippen molar-refractivity contribution in [3.8, 4) is 5.69 Å². The molecule has 0 bridgehead atoms. The highest BCUT2D eigenvalue weighted by Gasteiger charge is 2.30. The molecule has 6 nitrogen and oxygen atoms in total. The molecule has 1 saturated carbocycles. The number of nitrogens with one attached hydrogen (secondary N) is 1. The fourth-order valence-corrected chi connectivity index (χ4v) is 4.46. The van der Waals surface area contributed by atoms with E-state index in [4.69, 9.17) is 0 Å². The molecule has 144 valence electrons. The average molecular weight is 413 g/mol. The van der Waals surface area contributed by atoms with E-state index in [9.17, 15) is 9.59 Å². The molecule has 1 aromatic carbocycles. The van der Waals surface area contributed by atoms with Gasteiger partial charge in [0.05, 0.1) is 22.9 Å². The number of amides is 1. The Kier molecular flexibility index (Phi) is 5.59. The number of aromatic nitrogens is 3. The lowest BCUT2D eigenvalue weighted by Crippen LogP contribution is -2.18. The van der Waals surface area contributed by atoms with E-state index in [2.05, 4.69) is 15.4 Å². The highest BCUT2D eigenvalue weighted by atomic mass is 32.2. The van der Waals surface area contributed by atoms with Crippen molar-refractivity contribution in [1.82, 2.24) is 20.1 Å². The number of hydrogen-bond donors (Lipinski definition) is 1. The van der Waals surface area contributed by atoms with Crippen LogP contribution < -0.4 is 5.32 Å². The molecule has 0 aliphatic heterocycles. The number of carbonyl (C=O) groups excluding carboxylic acids is 2. The van der Waals surface area contributed by atoms with E-state index >= 15 is 0 Å². The van der Waals surface area contributed by atoms with Crippen LogP contribution in [-0.4, -0.2) is 32.2 Å². The minimum Gasteiger partial charge on any atom is -0.351 e. The van der Waals surface area contributed by atoms with Crippen LogP contribution in [0.5, 0.6) is 0 Å². The highest BCUT2D eigenvalue weighted by molar-refractivity contribution is 7.99. The number of ketones is 1. The number of thiophene rings is 1. The predicted molar refractivity (Wildman–Crippen MR) is 110 cm³/mol. The molecule has 3 aromatic rings. The Morgan fingerprint density at radius 2 is 2.00 bits per heavy atom. The fourth-order valence-electron chi connectivity index (χ4n) is 2.77. The van der Waals surface area contributed by atoms with Crippen LogP contribution in [0.1, 0.15) is 46.1 Å². The summed E-state index contributed by atoms with van der Waals surface area (Å²) >= 11 is 2.78. The number of para-hydroxylation sites is 1. The van der Waals surface area contributed by atoms with Crippen molar-refractivity contribution >= 4 is 34.8 Å². The van der Waals surface area contributed by atoms with E-state index in [0.717, 1.165) is 29.2 Å². The molecule has 28 heavy (non-hydrogen) atoms. The second-order valence-electron chi connectivity index (χ2n) is 6.66. The molecular weight excluding hydrogens is 392 g/mol. The van der Waals surface area contributed by atoms with Gasteiger partial charge in [0.25, 0.3) is 0 Å². The minimum absolute atomic E-state index is 0.0492. The van der Waals surface area contributed by atoms with E-state index in [-0.39, 0.29) is 11.7 Å². The van der Waals surface area contributed by atoms with Gasteiger partial charge in [-0.25, -0.2) is 9.67 Å². The zero-order valence-corrected chi connectivity index (χ0v) is 17.1. The molecular formula is C20H20N4O2S2. The van der Waals surface area contributed by atoms with Gasteiger partial charge in [-0.1, -0.05) is 30.0 Å². The zero-order valence-electron chi connectivity index (χ0n) is 15.4. The molecule has 1 aliphatic rings. The van der Waals surface area contributed by atoms with E-state index in [0.29, 0.717) is 28.2 Å². The Bertz CT molecular complexity index is 993. The largest absolute Gasteiger partial charge is 0.351 e. The van der Waals surface area contributed by atoms with Gasteiger partial charge in [0.1, 0.15) is 5.82 Å². The summed E-state index contributed by atoms with van der Waals surface area (Å²) < 4.78 is 1.90. The maximum atomic E-state index is 12.5. The molecule has 1 N–H and O–H groups in total. The van der Waals surface area contributed by atoms with Crippen molar-refractivity contribution < 1.29 is 9.59 Å². The van der Waals surface area contributed by atoms with Gasteiger partial charge in [0, 0.05) is 17.7 Å². The summed E-state index contributed by atoms with van der Waals surface area (Å²) in [5.74, 6) is 1.71. The van der Waals surface area contributed by atoms with Gasteiger partial charge in [-0.3, -0.25) is 9.59 Å². The van der Waals surface area contributed by atoms with E-state index < -0.39 is 0 Å². The number of rotatable bonds is 8. The van der Waals surface area contributed by atoms with Crippen LogP contribution in [0.25, 0.3) is 5.69 Å². The molecule has 1 aliphatic carbocycles. The minimum atomic E-state index is -0.0802. The van der Waals surface area contributed by atoms with Gasteiger partial charge in [0.15, 0.2) is 5.78 Å². The summed E-state index contributed by atoms with van der Waals surface area (Å²) in [5.41, 5.74) is 0.996. The third kappa shape index (κ3) is 4.51. The van der Waals surface area contributed by atoms with E-state index in [1.54, 1.807) is 0 Å². The van der Waals surface area contributed by atoms with Crippen molar-refractivity contribution in [3.05, 3.63) is 58.0 Å². The number of nitrogens with zero attached hydrogens (tertiary/aromatic N) is 3. The zero-order chi connectivity index (χ0) is 19.5. The Hall–Kier alpha value is -2.45. The first-order chi connectivity index (χ1) is 13.6. The molecule has 1 amide bonds. The monoisotopic (exact) mass is 412 g/mol. The summed E-state index contributed by atoms with van der Waals surface area (Å²) in [4.78, 5) is 29.9. The molecule has 0 unspecified atom stereocenters. The Morgan fingerprint density at radius 1 is 1.21 bits per heavy atom. The van der Waals surface area contributed by atoms with E-state index in [1.165, 1.54) is 30.0 Å². The lowest BCUT2D eigenvalue weighted by Gasteiger charge is -2.03.